The fourth-order valence-electron chi connectivity index (χ4n) is 1.82. The highest BCUT2D eigenvalue weighted by atomic mass is 79.9. The van der Waals surface area contributed by atoms with Crippen LogP contribution in [0.4, 0.5) is 0 Å². The van der Waals surface area contributed by atoms with Gasteiger partial charge in [-0.05, 0) is 47.6 Å². The molecule has 2 rings (SSSR count). The van der Waals surface area contributed by atoms with Gasteiger partial charge in [-0.1, -0.05) is 6.92 Å². The van der Waals surface area contributed by atoms with Gasteiger partial charge in [0, 0.05) is 26.5 Å². The number of aryl methyl sites for hydroxylation is 1. The van der Waals surface area contributed by atoms with Crippen LogP contribution in [0.1, 0.15) is 47.6 Å². The average molecular weight is 345 g/mol. The highest BCUT2D eigenvalue weighted by molar-refractivity contribution is 9.10. The second kappa shape index (κ2) is 6.28. The van der Waals surface area contributed by atoms with Gasteiger partial charge in [0.1, 0.15) is 5.01 Å². The molecule has 5 heteroatoms. The van der Waals surface area contributed by atoms with Crippen LogP contribution in [-0.2, 0) is 6.42 Å². The van der Waals surface area contributed by atoms with Crippen LogP contribution in [0.2, 0.25) is 0 Å². The Balaban J connectivity index is 2.03. The summed E-state index contributed by atoms with van der Waals surface area (Å²) in [6, 6.07) is 2.73. The van der Waals surface area contributed by atoms with E-state index in [9.17, 15) is 0 Å². The average Bonchev–Trinajstić information content (AvgIpc) is 2.96. The number of thiophene rings is 1. The molecule has 2 nitrogen and oxygen atoms in total. The maximum absolute atomic E-state index is 4.49. The van der Waals surface area contributed by atoms with Crippen molar-refractivity contribution in [3.63, 3.8) is 0 Å². The second-order valence-electron chi connectivity index (χ2n) is 4.26. The van der Waals surface area contributed by atoms with Crippen molar-refractivity contribution < 1.29 is 0 Å². The molecular formula is C13H17BrN2S2. The van der Waals surface area contributed by atoms with E-state index < -0.39 is 0 Å². The van der Waals surface area contributed by atoms with E-state index in [1.165, 1.54) is 19.2 Å². The SMILES string of the molecule is CCc1cnc(C(C)NC(C)c2sccc2Br)s1. The maximum atomic E-state index is 4.49. The zero-order chi connectivity index (χ0) is 13.1. The summed E-state index contributed by atoms with van der Waals surface area (Å²) in [5, 5.41) is 6.89. The molecular weight excluding hydrogens is 328 g/mol. The highest BCUT2D eigenvalue weighted by Crippen LogP contribution is 2.31. The Morgan fingerprint density at radius 3 is 2.72 bits per heavy atom. The van der Waals surface area contributed by atoms with Crippen LogP contribution in [0.15, 0.2) is 22.1 Å². The molecule has 0 amide bonds. The van der Waals surface area contributed by atoms with E-state index in [4.69, 9.17) is 0 Å². The third kappa shape index (κ3) is 3.20. The van der Waals surface area contributed by atoms with E-state index in [0.29, 0.717) is 12.1 Å². The maximum Gasteiger partial charge on any atom is 0.109 e. The van der Waals surface area contributed by atoms with Crippen LogP contribution in [-0.4, -0.2) is 4.98 Å². The molecule has 0 aliphatic carbocycles. The van der Waals surface area contributed by atoms with Crippen molar-refractivity contribution in [2.75, 3.05) is 0 Å². The Morgan fingerprint density at radius 2 is 2.17 bits per heavy atom. The van der Waals surface area contributed by atoms with Crippen molar-refractivity contribution in [2.45, 2.75) is 39.3 Å². The third-order valence-corrected chi connectivity index (χ3v) is 6.21. The molecule has 18 heavy (non-hydrogen) atoms. The van der Waals surface area contributed by atoms with Crippen LogP contribution >= 0.6 is 38.6 Å². The normalized spacial score (nSPS) is 14.7. The summed E-state index contributed by atoms with van der Waals surface area (Å²) in [5.41, 5.74) is 0. The summed E-state index contributed by atoms with van der Waals surface area (Å²) in [6.07, 6.45) is 3.06. The van der Waals surface area contributed by atoms with E-state index in [2.05, 4.69) is 58.4 Å². The lowest BCUT2D eigenvalue weighted by Gasteiger charge is -2.17. The number of rotatable bonds is 5. The fourth-order valence-corrected chi connectivity index (χ4v) is 4.43. The van der Waals surface area contributed by atoms with Gasteiger partial charge in [-0.2, -0.15) is 0 Å². The molecule has 1 N–H and O–H groups in total. The molecule has 2 aromatic rings. The lowest BCUT2D eigenvalue weighted by molar-refractivity contribution is 0.497. The Bertz CT molecular complexity index is 507. The summed E-state index contributed by atoms with van der Waals surface area (Å²) in [6.45, 7) is 6.54. The molecule has 2 aromatic heterocycles. The first kappa shape index (κ1) is 14.2. The Labute approximate surface area is 125 Å². The van der Waals surface area contributed by atoms with Crippen molar-refractivity contribution >= 4 is 38.6 Å². The largest absolute Gasteiger partial charge is 0.301 e. The fraction of sp³-hybridized carbons (Fsp3) is 0.462. The van der Waals surface area contributed by atoms with Gasteiger partial charge in [0.2, 0.25) is 0 Å². The number of hydrogen-bond acceptors (Lipinski definition) is 4. The van der Waals surface area contributed by atoms with Crippen molar-refractivity contribution in [3.8, 4) is 0 Å². The summed E-state index contributed by atoms with van der Waals surface area (Å²) in [7, 11) is 0. The van der Waals surface area contributed by atoms with Gasteiger partial charge in [-0.3, -0.25) is 0 Å². The molecule has 0 saturated carbocycles. The lowest BCUT2D eigenvalue weighted by atomic mass is 10.2. The topological polar surface area (TPSA) is 24.9 Å². The predicted molar refractivity (Wildman–Crippen MR) is 83.5 cm³/mol. The van der Waals surface area contributed by atoms with E-state index in [1.54, 1.807) is 22.7 Å². The van der Waals surface area contributed by atoms with E-state index in [1.807, 2.05) is 6.20 Å². The van der Waals surface area contributed by atoms with E-state index in [-0.39, 0.29) is 0 Å². The Morgan fingerprint density at radius 1 is 1.39 bits per heavy atom. The van der Waals surface area contributed by atoms with Crippen LogP contribution in [0.5, 0.6) is 0 Å². The zero-order valence-electron chi connectivity index (χ0n) is 10.7. The molecule has 0 saturated heterocycles. The first-order valence-electron chi connectivity index (χ1n) is 6.05. The molecule has 0 spiro atoms. The van der Waals surface area contributed by atoms with Crippen LogP contribution < -0.4 is 5.32 Å². The summed E-state index contributed by atoms with van der Waals surface area (Å²) >= 11 is 7.17. The molecule has 0 aromatic carbocycles. The number of nitrogens with zero attached hydrogens (tertiary/aromatic N) is 1. The van der Waals surface area contributed by atoms with Crippen molar-refractivity contribution in [1.29, 1.82) is 0 Å². The minimum absolute atomic E-state index is 0.291. The highest BCUT2D eigenvalue weighted by Gasteiger charge is 2.16. The van der Waals surface area contributed by atoms with Gasteiger partial charge in [0.15, 0.2) is 0 Å². The van der Waals surface area contributed by atoms with Crippen molar-refractivity contribution in [1.82, 2.24) is 10.3 Å². The third-order valence-electron chi connectivity index (χ3n) is 2.83. The summed E-state index contributed by atoms with van der Waals surface area (Å²) < 4.78 is 1.19. The smallest absolute Gasteiger partial charge is 0.109 e. The number of hydrogen-bond donors (Lipinski definition) is 1. The van der Waals surface area contributed by atoms with E-state index >= 15 is 0 Å². The molecule has 0 fully saturated rings. The molecule has 0 aliphatic rings. The quantitative estimate of drug-likeness (QED) is 0.830. The van der Waals surface area contributed by atoms with Gasteiger partial charge in [0.05, 0.1) is 6.04 Å². The van der Waals surface area contributed by atoms with Crippen molar-refractivity contribution in [2.24, 2.45) is 0 Å². The predicted octanol–water partition coefficient (Wildman–Crippen LogP) is 4.94. The first-order chi connectivity index (χ1) is 8.61. The second-order valence-corrected chi connectivity index (χ2v) is 7.21. The first-order valence-corrected chi connectivity index (χ1v) is 8.54. The van der Waals surface area contributed by atoms with Gasteiger partial charge in [-0.25, -0.2) is 4.98 Å². The van der Waals surface area contributed by atoms with Gasteiger partial charge in [0.25, 0.3) is 0 Å². The molecule has 0 aliphatic heterocycles. The minimum Gasteiger partial charge on any atom is -0.301 e. The van der Waals surface area contributed by atoms with Gasteiger partial charge < -0.3 is 5.32 Å². The molecule has 98 valence electrons. The minimum atomic E-state index is 0.291. The molecule has 2 atom stereocenters. The molecule has 2 unspecified atom stereocenters. The lowest BCUT2D eigenvalue weighted by Crippen LogP contribution is -2.21. The number of nitrogens with one attached hydrogen (secondary N) is 1. The standard InChI is InChI=1S/C13H17BrN2S2/c1-4-10-7-15-13(18-10)9(3)16-8(2)12-11(14)5-6-17-12/h5-9,16H,4H2,1-3H3. The summed E-state index contributed by atoms with van der Waals surface area (Å²) in [5.74, 6) is 0. The van der Waals surface area contributed by atoms with Crippen molar-refractivity contribution in [3.05, 3.63) is 36.9 Å². The zero-order valence-corrected chi connectivity index (χ0v) is 14.0. The summed E-state index contributed by atoms with van der Waals surface area (Å²) in [4.78, 5) is 7.18. The van der Waals surface area contributed by atoms with Crippen LogP contribution in [0.25, 0.3) is 0 Å². The van der Waals surface area contributed by atoms with Crippen LogP contribution in [0, 0.1) is 0 Å². The Hall–Kier alpha value is -0.230. The number of aromatic nitrogens is 1. The number of halogens is 1. The molecule has 2 heterocycles. The van der Waals surface area contributed by atoms with Crippen LogP contribution in [0.3, 0.4) is 0 Å². The monoisotopic (exact) mass is 344 g/mol. The van der Waals surface area contributed by atoms with Gasteiger partial charge >= 0.3 is 0 Å². The molecule has 0 bridgehead atoms. The van der Waals surface area contributed by atoms with E-state index in [0.717, 1.165) is 6.42 Å². The molecule has 0 radical (unpaired) electrons. The van der Waals surface area contributed by atoms with Gasteiger partial charge in [-0.15, -0.1) is 22.7 Å². The number of thiazole rings is 1. The Kier molecular flexibility index (Phi) is 4.95.